The highest BCUT2D eigenvalue weighted by atomic mass is 19.1. The van der Waals surface area contributed by atoms with Crippen molar-refractivity contribution in [2.24, 2.45) is 0 Å². The topological polar surface area (TPSA) is 109 Å². The van der Waals surface area contributed by atoms with Crippen molar-refractivity contribution in [1.29, 1.82) is 0 Å². The second-order valence-electron chi connectivity index (χ2n) is 8.85. The van der Waals surface area contributed by atoms with E-state index in [9.17, 15) is 23.6 Å². The molecule has 0 saturated carbocycles. The van der Waals surface area contributed by atoms with Crippen molar-refractivity contribution >= 4 is 11.8 Å². The van der Waals surface area contributed by atoms with Gasteiger partial charge < -0.3 is 14.2 Å². The van der Waals surface area contributed by atoms with Crippen LogP contribution in [0.3, 0.4) is 0 Å². The lowest BCUT2D eigenvalue weighted by Gasteiger charge is -2.34. The number of nitrogens with zero attached hydrogens (tertiary/aromatic N) is 3. The first-order valence-electron chi connectivity index (χ1n) is 11.7. The molecule has 1 fully saturated rings. The summed E-state index contributed by atoms with van der Waals surface area (Å²) < 4.78 is 21.3. The maximum Gasteiger partial charge on any atom is 0.328 e. The zero-order valence-electron chi connectivity index (χ0n) is 19.1. The standard InChI is InChI=1S/C25H25FN4O5/c26-19-8-7-16(23(32)28-9-11-29(12-10-28)24(33)21-6-3-13-35-21)14-17(19)15-30-20-5-2-1-4-18(20)22(31)27-25(30)34/h3,6-8,13-14H,1-2,4-5,9-12,15H2,(H,27,31,34). The Bertz CT molecular complexity index is 1380. The second-order valence-corrected chi connectivity index (χ2v) is 8.85. The molecule has 3 aromatic rings. The van der Waals surface area contributed by atoms with Gasteiger partial charge in [0.25, 0.3) is 17.4 Å². The Balaban J connectivity index is 1.33. The Kier molecular flexibility index (Phi) is 6.10. The van der Waals surface area contributed by atoms with Gasteiger partial charge in [0.05, 0.1) is 12.8 Å². The van der Waals surface area contributed by atoms with E-state index in [1.165, 1.54) is 29.0 Å². The maximum absolute atomic E-state index is 14.7. The lowest BCUT2D eigenvalue weighted by Crippen LogP contribution is -2.50. The molecule has 0 radical (unpaired) electrons. The normalized spacial score (nSPS) is 15.7. The first-order valence-corrected chi connectivity index (χ1v) is 11.7. The van der Waals surface area contributed by atoms with E-state index in [1.54, 1.807) is 21.9 Å². The smallest absolute Gasteiger partial charge is 0.328 e. The zero-order valence-corrected chi connectivity index (χ0v) is 19.1. The summed E-state index contributed by atoms with van der Waals surface area (Å²) in [5, 5.41) is 0. The van der Waals surface area contributed by atoms with Gasteiger partial charge in [-0.05, 0) is 56.0 Å². The summed E-state index contributed by atoms with van der Waals surface area (Å²) in [7, 11) is 0. The molecule has 182 valence electrons. The Morgan fingerprint density at radius 1 is 0.971 bits per heavy atom. The van der Waals surface area contributed by atoms with E-state index in [-0.39, 0.29) is 35.2 Å². The molecule has 2 amide bonds. The number of aromatic nitrogens is 2. The summed E-state index contributed by atoms with van der Waals surface area (Å²) in [6.07, 6.45) is 4.32. The van der Waals surface area contributed by atoms with Crippen LogP contribution in [0.15, 0.2) is 50.6 Å². The van der Waals surface area contributed by atoms with Crippen LogP contribution in [0, 0.1) is 5.82 Å². The summed E-state index contributed by atoms with van der Waals surface area (Å²) in [6.45, 7) is 1.32. The highest BCUT2D eigenvalue weighted by Gasteiger charge is 2.27. The highest BCUT2D eigenvalue weighted by Crippen LogP contribution is 2.20. The fourth-order valence-electron chi connectivity index (χ4n) is 4.81. The van der Waals surface area contributed by atoms with Crippen LogP contribution in [0.1, 0.15) is 50.6 Å². The van der Waals surface area contributed by atoms with Crippen LogP contribution in [-0.2, 0) is 19.4 Å². The van der Waals surface area contributed by atoms with Crippen molar-refractivity contribution in [3.05, 3.63) is 91.4 Å². The number of nitrogens with one attached hydrogen (secondary N) is 1. The van der Waals surface area contributed by atoms with Crippen molar-refractivity contribution < 1.29 is 18.4 Å². The summed E-state index contributed by atoms with van der Waals surface area (Å²) in [4.78, 5) is 55.9. The minimum atomic E-state index is -0.580. The van der Waals surface area contributed by atoms with Gasteiger partial charge in [0.15, 0.2) is 5.76 Å². The molecule has 9 nitrogen and oxygen atoms in total. The summed E-state index contributed by atoms with van der Waals surface area (Å²) in [6, 6.07) is 7.36. The molecule has 2 aliphatic rings. The van der Waals surface area contributed by atoms with E-state index in [4.69, 9.17) is 4.42 Å². The van der Waals surface area contributed by atoms with Crippen molar-refractivity contribution in [2.75, 3.05) is 26.2 Å². The molecule has 35 heavy (non-hydrogen) atoms. The first-order chi connectivity index (χ1) is 16.9. The zero-order chi connectivity index (χ0) is 24.5. The number of amides is 2. The largest absolute Gasteiger partial charge is 0.459 e. The molecule has 10 heteroatoms. The van der Waals surface area contributed by atoms with E-state index in [0.717, 1.165) is 12.8 Å². The predicted octanol–water partition coefficient (Wildman–Crippen LogP) is 1.79. The van der Waals surface area contributed by atoms with Crippen molar-refractivity contribution in [3.63, 3.8) is 0 Å². The van der Waals surface area contributed by atoms with E-state index >= 15 is 0 Å². The Morgan fingerprint density at radius 3 is 2.40 bits per heavy atom. The lowest BCUT2D eigenvalue weighted by molar-refractivity contribution is 0.0518. The summed E-state index contributed by atoms with van der Waals surface area (Å²) >= 11 is 0. The van der Waals surface area contributed by atoms with Crippen molar-refractivity contribution in [3.8, 4) is 0 Å². The second kappa shape index (κ2) is 9.36. The Labute approximate surface area is 199 Å². The van der Waals surface area contributed by atoms with E-state index in [0.29, 0.717) is 55.8 Å². The molecule has 0 bridgehead atoms. The van der Waals surface area contributed by atoms with Gasteiger partial charge in [-0.15, -0.1) is 0 Å². The molecule has 5 rings (SSSR count). The molecule has 0 spiro atoms. The van der Waals surface area contributed by atoms with Gasteiger partial charge in [0.2, 0.25) is 0 Å². The third-order valence-electron chi connectivity index (χ3n) is 6.71. The number of hydrogen-bond acceptors (Lipinski definition) is 5. The number of aromatic amines is 1. The fraction of sp³-hybridized carbons (Fsp3) is 0.360. The molecule has 1 aliphatic carbocycles. The SMILES string of the molecule is O=C(c1ccc(F)c(Cn2c3c(c(=O)[nH]c2=O)CCCC3)c1)N1CCN(C(=O)c2ccco2)CC1. The average Bonchev–Trinajstić information content (AvgIpc) is 3.42. The number of H-pyrrole nitrogens is 1. The average molecular weight is 480 g/mol. The van der Waals surface area contributed by atoms with Crippen molar-refractivity contribution in [2.45, 2.75) is 32.2 Å². The number of furan rings is 1. The van der Waals surface area contributed by atoms with Crippen LogP contribution in [0.25, 0.3) is 0 Å². The highest BCUT2D eigenvalue weighted by molar-refractivity contribution is 5.95. The number of carbonyl (C=O) groups excluding carboxylic acids is 2. The third-order valence-corrected chi connectivity index (χ3v) is 6.71. The summed E-state index contributed by atoms with van der Waals surface area (Å²) in [5.74, 6) is -0.765. The molecular weight excluding hydrogens is 455 g/mol. The quantitative estimate of drug-likeness (QED) is 0.613. The number of benzene rings is 1. The van der Waals surface area contributed by atoms with Crippen LogP contribution in [0.4, 0.5) is 4.39 Å². The van der Waals surface area contributed by atoms with E-state index < -0.39 is 11.5 Å². The van der Waals surface area contributed by atoms with E-state index in [2.05, 4.69) is 4.98 Å². The number of rotatable bonds is 4. The fourth-order valence-corrected chi connectivity index (χ4v) is 4.81. The number of carbonyl (C=O) groups is 2. The van der Waals surface area contributed by atoms with Crippen LogP contribution in [-0.4, -0.2) is 57.3 Å². The molecule has 0 atom stereocenters. The Morgan fingerprint density at radius 2 is 1.69 bits per heavy atom. The number of halogens is 1. The molecule has 1 aromatic carbocycles. The number of fused-ring (bicyclic) bond motifs is 1. The third kappa shape index (κ3) is 4.43. The van der Waals surface area contributed by atoms with Crippen molar-refractivity contribution in [1.82, 2.24) is 19.4 Å². The monoisotopic (exact) mass is 480 g/mol. The van der Waals surface area contributed by atoms with Crippen LogP contribution < -0.4 is 11.2 Å². The molecule has 0 unspecified atom stereocenters. The van der Waals surface area contributed by atoms with E-state index in [1.807, 2.05) is 0 Å². The van der Waals surface area contributed by atoms with Gasteiger partial charge in [-0.3, -0.25) is 23.9 Å². The maximum atomic E-state index is 14.7. The minimum Gasteiger partial charge on any atom is -0.459 e. The molecule has 2 aromatic heterocycles. The van der Waals surface area contributed by atoms with Gasteiger partial charge in [-0.2, -0.15) is 0 Å². The van der Waals surface area contributed by atoms with Gasteiger partial charge >= 0.3 is 5.69 Å². The molecule has 1 saturated heterocycles. The Hall–Kier alpha value is -3.95. The van der Waals surface area contributed by atoms with Crippen LogP contribution in [0.2, 0.25) is 0 Å². The van der Waals surface area contributed by atoms with Gasteiger partial charge in [-0.1, -0.05) is 0 Å². The number of hydrogen-bond donors (Lipinski definition) is 1. The summed E-state index contributed by atoms with van der Waals surface area (Å²) in [5.41, 5.74) is 0.756. The minimum absolute atomic E-state index is 0.0731. The molecule has 1 N–H and O–H groups in total. The molecule has 3 heterocycles. The molecule has 1 aliphatic heterocycles. The first kappa shape index (κ1) is 22.8. The van der Waals surface area contributed by atoms with Crippen LogP contribution >= 0.6 is 0 Å². The van der Waals surface area contributed by atoms with Crippen LogP contribution in [0.5, 0.6) is 0 Å². The van der Waals surface area contributed by atoms with Gasteiger partial charge in [-0.25, -0.2) is 9.18 Å². The predicted molar refractivity (Wildman–Crippen MR) is 124 cm³/mol. The number of piperazine rings is 1. The van der Waals surface area contributed by atoms with Gasteiger partial charge in [0.1, 0.15) is 5.82 Å². The molecular formula is C25H25FN4O5. The van der Waals surface area contributed by atoms with Gasteiger partial charge in [0, 0.05) is 48.6 Å². The lowest BCUT2D eigenvalue weighted by atomic mass is 9.96.